The van der Waals surface area contributed by atoms with Crippen molar-refractivity contribution in [1.29, 1.82) is 0 Å². The van der Waals surface area contributed by atoms with Gasteiger partial charge in [0, 0.05) is 52.2 Å². The second-order valence-electron chi connectivity index (χ2n) is 7.08. The Morgan fingerprint density at radius 3 is 3.12 bits per heavy atom. The summed E-state index contributed by atoms with van der Waals surface area (Å²) in [6.45, 7) is 4.52. The molecule has 0 unspecified atom stereocenters. The first kappa shape index (κ1) is 16.8. The van der Waals surface area contributed by atoms with Gasteiger partial charge in [0.05, 0.1) is 5.60 Å². The number of thiophene rings is 1. The summed E-state index contributed by atoms with van der Waals surface area (Å²) in [4.78, 5) is 18.7. The fraction of sp³-hybridized carbons (Fsp3) is 0.556. The number of aryl methyl sites for hydroxylation is 1. The molecule has 0 aliphatic carbocycles. The lowest BCUT2D eigenvalue weighted by Crippen LogP contribution is -2.64. The molecule has 0 saturated carbocycles. The highest BCUT2D eigenvalue weighted by molar-refractivity contribution is 7.07. The van der Waals surface area contributed by atoms with Crippen molar-refractivity contribution in [3.05, 3.63) is 40.6 Å². The average Bonchev–Trinajstić information content (AvgIpc) is 3.28. The summed E-state index contributed by atoms with van der Waals surface area (Å²) in [7, 11) is 1.83. The minimum absolute atomic E-state index is 0.00394. The van der Waals surface area contributed by atoms with Crippen molar-refractivity contribution in [2.75, 3.05) is 26.2 Å². The Morgan fingerprint density at radius 1 is 1.52 bits per heavy atom. The van der Waals surface area contributed by atoms with Gasteiger partial charge in [-0.2, -0.15) is 11.3 Å². The second kappa shape index (κ2) is 6.90. The van der Waals surface area contributed by atoms with Gasteiger partial charge >= 0.3 is 0 Å². The van der Waals surface area contributed by atoms with Gasteiger partial charge in [0.25, 0.3) is 5.91 Å². The Morgan fingerprint density at radius 2 is 2.40 bits per heavy atom. The molecule has 2 saturated heterocycles. The minimum atomic E-state index is -0.104. The maximum atomic E-state index is 12.1. The number of imidazole rings is 1. The van der Waals surface area contributed by atoms with Gasteiger partial charge in [-0.3, -0.25) is 9.69 Å². The molecule has 6 nitrogen and oxygen atoms in total. The Labute approximate surface area is 151 Å². The van der Waals surface area contributed by atoms with E-state index in [1.54, 1.807) is 28.3 Å². The number of nitrogens with one attached hydrogen (secondary N) is 1. The highest BCUT2D eigenvalue weighted by atomic mass is 32.1. The number of carbonyl (C=O) groups excluding carboxylic acids is 1. The van der Waals surface area contributed by atoms with E-state index in [9.17, 15) is 4.79 Å². The monoisotopic (exact) mass is 360 g/mol. The van der Waals surface area contributed by atoms with Gasteiger partial charge < -0.3 is 14.6 Å². The van der Waals surface area contributed by atoms with Crippen LogP contribution in [0.4, 0.5) is 0 Å². The lowest BCUT2D eigenvalue weighted by atomic mass is 9.79. The number of likely N-dealkylation sites (tertiary alicyclic amines) is 1. The molecule has 4 heterocycles. The van der Waals surface area contributed by atoms with Crippen LogP contribution in [-0.2, 0) is 18.3 Å². The highest BCUT2D eigenvalue weighted by Crippen LogP contribution is 2.42. The molecule has 25 heavy (non-hydrogen) atoms. The van der Waals surface area contributed by atoms with E-state index >= 15 is 0 Å². The van der Waals surface area contributed by atoms with Gasteiger partial charge in [0.15, 0.2) is 5.82 Å². The maximum absolute atomic E-state index is 12.1. The predicted molar refractivity (Wildman–Crippen MR) is 96.5 cm³/mol. The molecule has 1 atom stereocenters. The van der Waals surface area contributed by atoms with Gasteiger partial charge in [0.2, 0.25) is 0 Å². The Hall–Kier alpha value is -1.70. The van der Waals surface area contributed by atoms with Gasteiger partial charge in [-0.05, 0) is 41.1 Å². The summed E-state index contributed by atoms with van der Waals surface area (Å²) < 4.78 is 7.86. The Bertz CT molecular complexity index is 721. The topological polar surface area (TPSA) is 59.4 Å². The number of hydrogen-bond acceptors (Lipinski definition) is 5. The van der Waals surface area contributed by atoms with Crippen molar-refractivity contribution in [3.63, 3.8) is 0 Å². The minimum Gasteiger partial charge on any atom is -0.372 e. The summed E-state index contributed by atoms with van der Waals surface area (Å²) in [5.41, 5.74) is 1.39. The van der Waals surface area contributed by atoms with Crippen molar-refractivity contribution in [2.24, 2.45) is 13.0 Å². The molecule has 1 N–H and O–H groups in total. The molecule has 1 amide bonds. The number of amides is 1. The lowest BCUT2D eigenvalue weighted by molar-refractivity contribution is -0.136. The molecule has 2 fully saturated rings. The molecule has 1 spiro atoms. The SMILES string of the molecule is Cn1ccnc1C(=O)NCC[C@@H]1CCOC12CN(Cc1ccsc1)C2. The molecule has 4 rings (SSSR count). The number of aromatic nitrogens is 2. The molecule has 2 aliphatic heterocycles. The lowest BCUT2D eigenvalue weighted by Gasteiger charge is -2.50. The van der Waals surface area contributed by atoms with Crippen LogP contribution in [0.5, 0.6) is 0 Å². The Kier molecular flexibility index (Phi) is 4.62. The van der Waals surface area contributed by atoms with E-state index in [-0.39, 0.29) is 11.5 Å². The van der Waals surface area contributed by atoms with Crippen LogP contribution in [0, 0.1) is 5.92 Å². The summed E-state index contributed by atoms with van der Waals surface area (Å²) in [6.07, 6.45) is 5.48. The molecule has 0 radical (unpaired) electrons. The molecule has 2 aromatic rings. The zero-order valence-corrected chi connectivity index (χ0v) is 15.3. The molecule has 2 aliphatic rings. The summed E-state index contributed by atoms with van der Waals surface area (Å²) in [5, 5.41) is 7.34. The fourth-order valence-corrected chi connectivity index (χ4v) is 4.69. The van der Waals surface area contributed by atoms with Gasteiger partial charge in [-0.15, -0.1) is 0 Å². The fourth-order valence-electron chi connectivity index (χ4n) is 4.03. The van der Waals surface area contributed by atoms with Crippen molar-refractivity contribution in [3.8, 4) is 0 Å². The van der Waals surface area contributed by atoms with Crippen molar-refractivity contribution in [2.45, 2.75) is 25.0 Å². The second-order valence-corrected chi connectivity index (χ2v) is 7.86. The standard InChI is InChI=1S/C18H24N4O2S/c1-21-7-6-19-16(21)17(23)20-5-2-15-3-8-24-18(15)12-22(13-18)10-14-4-9-25-11-14/h4,6-7,9,11,15H,2-3,5,8,10,12-13H2,1H3,(H,20,23)/t15-/m1/s1. The van der Waals surface area contributed by atoms with Gasteiger partial charge in [0.1, 0.15) is 0 Å². The van der Waals surface area contributed by atoms with Crippen molar-refractivity contribution < 1.29 is 9.53 Å². The van der Waals surface area contributed by atoms with Crippen LogP contribution in [0.2, 0.25) is 0 Å². The van der Waals surface area contributed by atoms with E-state index in [0.717, 1.165) is 39.1 Å². The number of carbonyl (C=O) groups is 1. The van der Waals surface area contributed by atoms with Crippen LogP contribution in [0.1, 0.15) is 29.0 Å². The van der Waals surface area contributed by atoms with E-state index < -0.39 is 0 Å². The first-order chi connectivity index (χ1) is 12.2. The van der Waals surface area contributed by atoms with Gasteiger partial charge in [-0.25, -0.2) is 4.98 Å². The van der Waals surface area contributed by atoms with E-state index in [4.69, 9.17) is 4.74 Å². The molecule has 0 bridgehead atoms. The van der Waals surface area contributed by atoms with Crippen LogP contribution in [0.3, 0.4) is 0 Å². The molecular weight excluding hydrogens is 336 g/mol. The molecule has 7 heteroatoms. The van der Waals surface area contributed by atoms with Crippen LogP contribution >= 0.6 is 11.3 Å². The maximum Gasteiger partial charge on any atom is 0.287 e. The third-order valence-electron chi connectivity index (χ3n) is 5.37. The van der Waals surface area contributed by atoms with Crippen LogP contribution < -0.4 is 5.32 Å². The molecular formula is C18H24N4O2S. The molecule has 134 valence electrons. The van der Waals surface area contributed by atoms with Crippen LogP contribution in [-0.4, -0.2) is 52.2 Å². The normalized spacial score (nSPS) is 22.2. The first-order valence-corrected chi connectivity index (χ1v) is 9.73. The number of ether oxygens (including phenoxy) is 1. The quantitative estimate of drug-likeness (QED) is 0.855. The summed E-state index contributed by atoms with van der Waals surface area (Å²) in [5.74, 6) is 0.879. The van der Waals surface area contributed by atoms with Crippen molar-refractivity contribution in [1.82, 2.24) is 19.8 Å². The number of hydrogen-bond donors (Lipinski definition) is 1. The molecule has 0 aromatic carbocycles. The van der Waals surface area contributed by atoms with Crippen LogP contribution in [0.25, 0.3) is 0 Å². The number of rotatable bonds is 6. The first-order valence-electron chi connectivity index (χ1n) is 8.79. The average molecular weight is 360 g/mol. The van der Waals surface area contributed by atoms with E-state index in [0.29, 0.717) is 18.3 Å². The third kappa shape index (κ3) is 3.36. The number of nitrogens with zero attached hydrogens (tertiary/aromatic N) is 3. The van der Waals surface area contributed by atoms with E-state index in [1.807, 2.05) is 7.05 Å². The largest absolute Gasteiger partial charge is 0.372 e. The molecule has 2 aromatic heterocycles. The summed E-state index contributed by atoms with van der Waals surface area (Å²) in [6, 6.07) is 2.19. The van der Waals surface area contributed by atoms with Crippen molar-refractivity contribution >= 4 is 17.2 Å². The predicted octanol–water partition coefficient (Wildman–Crippen LogP) is 1.89. The van der Waals surface area contributed by atoms with E-state index in [2.05, 4.69) is 32.0 Å². The van der Waals surface area contributed by atoms with Gasteiger partial charge in [-0.1, -0.05) is 0 Å². The highest BCUT2D eigenvalue weighted by Gasteiger charge is 2.52. The van der Waals surface area contributed by atoms with Crippen LogP contribution in [0.15, 0.2) is 29.2 Å². The zero-order chi connectivity index (χ0) is 17.3. The third-order valence-corrected chi connectivity index (χ3v) is 6.10. The summed E-state index contributed by atoms with van der Waals surface area (Å²) >= 11 is 1.75. The zero-order valence-electron chi connectivity index (χ0n) is 14.5. The smallest absolute Gasteiger partial charge is 0.287 e. The Balaban J connectivity index is 1.25. The van der Waals surface area contributed by atoms with E-state index in [1.165, 1.54) is 5.56 Å².